The molecular formula is C19H17ClN2O3S. The average Bonchev–Trinajstić information content (AvgIpc) is 3.02. The van der Waals surface area contributed by atoms with Gasteiger partial charge >= 0.3 is 0 Å². The molecule has 2 aromatic rings. The lowest BCUT2D eigenvalue weighted by Crippen LogP contribution is -2.47. The quantitative estimate of drug-likeness (QED) is 0.776. The van der Waals surface area contributed by atoms with Gasteiger partial charge in [-0.3, -0.25) is 9.69 Å². The van der Waals surface area contributed by atoms with Crippen LogP contribution in [0, 0.1) is 0 Å². The molecule has 0 unspecified atom stereocenters. The second-order valence-electron chi connectivity index (χ2n) is 6.11. The summed E-state index contributed by atoms with van der Waals surface area (Å²) in [6.45, 7) is 2.86. The Balaban J connectivity index is 1.55. The Morgan fingerprint density at radius 3 is 2.69 bits per heavy atom. The summed E-state index contributed by atoms with van der Waals surface area (Å²) in [6.07, 6.45) is -0.675. The number of benzene rings is 2. The van der Waals surface area contributed by atoms with Crippen molar-refractivity contribution in [2.45, 2.75) is 18.3 Å². The van der Waals surface area contributed by atoms with Crippen LogP contribution in [0.1, 0.15) is 6.92 Å². The second kappa shape index (κ2) is 7.21. The molecule has 0 aliphatic carbocycles. The maximum atomic E-state index is 13.0. The zero-order valence-corrected chi connectivity index (χ0v) is 15.7. The van der Waals surface area contributed by atoms with Gasteiger partial charge in [0.15, 0.2) is 16.7 Å². The molecule has 1 saturated heterocycles. The smallest absolute Gasteiger partial charge is 0.273 e. The maximum absolute atomic E-state index is 13.0. The first-order chi connectivity index (χ1) is 12.6. The molecular weight excluding hydrogens is 372 g/mol. The van der Waals surface area contributed by atoms with Gasteiger partial charge < -0.3 is 9.47 Å². The number of amides is 1. The number of thioether (sulfide) groups is 1. The SMILES string of the molecule is C[C@@H]1CN(C(=O)[C@@H]2COc3ccccc3O2)C(=Nc2ccc(Cl)cc2)S1. The molecule has 0 bridgehead atoms. The number of aliphatic imine (C=N–C) groups is 1. The molecule has 2 atom stereocenters. The van der Waals surface area contributed by atoms with E-state index in [-0.39, 0.29) is 17.8 Å². The number of halogens is 1. The predicted octanol–water partition coefficient (Wildman–Crippen LogP) is 4.13. The third kappa shape index (κ3) is 3.52. The Morgan fingerprint density at radius 2 is 1.92 bits per heavy atom. The Morgan fingerprint density at radius 1 is 1.19 bits per heavy atom. The Labute approximate surface area is 161 Å². The van der Waals surface area contributed by atoms with Crippen LogP contribution in [0.15, 0.2) is 53.5 Å². The van der Waals surface area contributed by atoms with E-state index in [0.29, 0.717) is 28.2 Å². The zero-order valence-electron chi connectivity index (χ0n) is 14.1. The summed E-state index contributed by atoms with van der Waals surface area (Å²) in [5.41, 5.74) is 0.759. The summed E-state index contributed by atoms with van der Waals surface area (Å²) in [6, 6.07) is 14.6. The number of hydrogen-bond acceptors (Lipinski definition) is 5. The molecule has 2 aliphatic rings. The number of nitrogens with zero attached hydrogens (tertiary/aromatic N) is 2. The van der Waals surface area contributed by atoms with Gasteiger partial charge in [-0.05, 0) is 36.4 Å². The normalized spacial score (nSPS) is 23.3. The molecule has 26 heavy (non-hydrogen) atoms. The average molecular weight is 389 g/mol. The Kier molecular flexibility index (Phi) is 4.78. The van der Waals surface area contributed by atoms with E-state index in [9.17, 15) is 4.79 Å². The molecule has 0 N–H and O–H groups in total. The summed E-state index contributed by atoms with van der Waals surface area (Å²) < 4.78 is 11.5. The molecule has 2 aromatic carbocycles. The van der Waals surface area contributed by atoms with Crippen LogP contribution in [-0.2, 0) is 4.79 Å². The van der Waals surface area contributed by atoms with Crippen LogP contribution in [-0.4, -0.2) is 40.5 Å². The van der Waals surface area contributed by atoms with E-state index in [0.717, 1.165) is 5.69 Å². The highest BCUT2D eigenvalue weighted by atomic mass is 35.5. The van der Waals surface area contributed by atoms with E-state index < -0.39 is 6.10 Å². The molecule has 4 rings (SSSR count). The molecule has 0 spiro atoms. The molecule has 0 radical (unpaired) electrons. The standard InChI is InChI=1S/C19H17ClN2O3S/c1-12-10-22(19(26-12)21-14-8-6-13(20)7-9-14)18(23)17-11-24-15-4-2-3-5-16(15)25-17/h2-9,12,17H,10-11H2,1H3/t12-,17+/m1/s1. The monoisotopic (exact) mass is 388 g/mol. The van der Waals surface area contributed by atoms with Gasteiger partial charge in [0.25, 0.3) is 5.91 Å². The number of hydrogen-bond donors (Lipinski definition) is 0. The molecule has 0 aromatic heterocycles. The van der Waals surface area contributed by atoms with E-state index >= 15 is 0 Å². The lowest BCUT2D eigenvalue weighted by Gasteiger charge is -2.28. The Bertz CT molecular complexity index is 856. The minimum absolute atomic E-state index is 0.135. The number of carbonyl (C=O) groups is 1. The number of rotatable bonds is 2. The van der Waals surface area contributed by atoms with E-state index in [1.807, 2.05) is 30.3 Å². The molecule has 1 amide bonds. The van der Waals surface area contributed by atoms with Crippen molar-refractivity contribution in [2.75, 3.05) is 13.2 Å². The lowest BCUT2D eigenvalue weighted by atomic mass is 10.2. The van der Waals surface area contributed by atoms with Gasteiger partial charge in [0.2, 0.25) is 6.10 Å². The van der Waals surface area contributed by atoms with Gasteiger partial charge in [-0.1, -0.05) is 42.4 Å². The van der Waals surface area contributed by atoms with Crippen LogP contribution in [0.5, 0.6) is 11.5 Å². The first kappa shape index (κ1) is 17.2. The van der Waals surface area contributed by atoms with Gasteiger partial charge in [0.05, 0.1) is 5.69 Å². The van der Waals surface area contributed by atoms with Crippen LogP contribution >= 0.6 is 23.4 Å². The number of carbonyl (C=O) groups excluding carboxylic acids is 1. The van der Waals surface area contributed by atoms with Crippen molar-refractivity contribution in [3.63, 3.8) is 0 Å². The fourth-order valence-corrected chi connectivity index (χ4v) is 3.99. The Hall–Kier alpha value is -2.18. The fourth-order valence-electron chi connectivity index (χ4n) is 2.83. The van der Waals surface area contributed by atoms with E-state index in [1.165, 1.54) is 0 Å². The van der Waals surface area contributed by atoms with Crippen molar-refractivity contribution in [1.82, 2.24) is 4.90 Å². The molecule has 2 aliphatic heterocycles. The summed E-state index contributed by atoms with van der Waals surface area (Å²) in [5, 5.41) is 1.59. The van der Waals surface area contributed by atoms with Gasteiger partial charge in [-0.2, -0.15) is 0 Å². The van der Waals surface area contributed by atoms with Crippen molar-refractivity contribution in [3.8, 4) is 11.5 Å². The van der Waals surface area contributed by atoms with Crippen molar-refractivity contribution in [3.05, 3.63) is 53.6 Å². The largest absolute Gasteiger partial charge is 0.485 e. The second-order valence-corrected chi connectivity index (χ2v) is 7.95. The number of fused-ring (bicyclic) bond motifs is 1. The van der Waals surface area contributed by atoms with Crippen molar-refractivity contribution in [1.29, 1.82) is 0 Å². The molecule has 134 valence electrons. The van der Waals surface area contributed by atoms with Gasteiger partial charge in [-0.15, -0.1) is 0 Å². The van der Waals surface area contributed by atoms with Gasteiger partial charge in [0.1, 0.15) is 6.61 Å². The lowest BCUT2D eigenvalue weighted by molar-refractivity contribution is -0.136. The molecule has 5 nitrogen and oxygen atoms in total. The predicted molar refractivity (Wildman–Crippen MR) is 104 cm³/mol. The van der Waals surface area contributed by atoms with Crippen molar-refractivity contribution >= 4 is 40.1 Å². The highest BCUT2D eigenvalue weighted by Crippen LogP contribution is 2.33. The summed E-state index contributed by atoms with van der Waals surface area (Å²) in [5.74, 6) is 1.12. The van der Waals surface area contributed by atoms with Crippen LogP contribution < -0.4 is 9.47 Å². The number of amidine groups is 1. The van der Waals surface area contributed by atoms with E-state index in [4.69, 9.17) is 21.1 Å². The van der Waals surface area contributed by atoms with Crippen LogP contribution in [0.2, 0.25) is 5.02 Å². The van der Waals surface area contributed by atoms with Crippen LogP contribution in [0.3, 0.4) is 0 Å². The molecule has 0 saturated carbocycles. The fraction of sp³-hybridized carbons (Fsp3) is 0.263. The first-order valence-corrected chi connectivity index (χ1v) is 9.57. The van der Waals surface area contributed by atoms with Crippen LogP contribution in [0.25, 0.3) is 0 Å². The van der Waals surface area contributed by atoms with Gasteiger partial charge in [-0.25, -0.2) is 4.99 Å². The summed E-state index contributed by atoms with van der Waals surface area (Å²) in [7, 11) is 0. The minimum Gasteiger partial charge on any atom is -0.485 e. The minimum atomic E-state index is -0.675. The molecule has 7 heteroatoms. The first-order valence-electron chi connectivity index (χ1n) is 8.31. The third-order valence-electron chi connectivity index (χ3n) is 4.08. The van der Waals surface area contributed by atoms with E-state index in [2.05, 4.69) is 11.9 Å². The van der Waals surface area contributed by atoms with Crippen molar-refractivity contribution < 1.29 is 14.3 Å². The van der Waals surface area contributed by atoms with Gasteiger partial charge in [0, 0.05) is 16.8 Å². The van der Waals surface area contributed by atoms with E-state index in [1.54, 1.807) is 34.9 Å². The number of para-hydroxylation sites is 2. The third-order valence-corrected chi connectivity index (χ3v) is 5.40. The van der Waals surface area contributed by atoms with Crippen LogP contribution in [0.4, 0.5) is 5.69 Å². The number of ether oxygens (including phenoxy) is 2. The highest BCUT2D eigenvalue weighted by molar-refractivity contribution is 8.14. The highest BCUT2D eigenvalue weighted by Gasteiger charge is 2.37. The maximum Gasteiger partial charge on any atom is 0.273 e. The zero-order chi connectivity index (χ0) is 18.1. The summed E-state index contributed by atoms with van der Waals surface area (Å²) in [4.78, 5) is 19.3. The van der Waals surface area contributed by atoms with Crippen molar-refractivity contribution in [2.24, 2.45) is 4.99 Å². The topological polar surface area (TPSA) is 51.1 Å². The molecule has 2 heterocycles. The summed E-state index contributed by atoms with van der Waals surface area (Å²) >= 11 is 7.50. The molecule has 1 fully saturated rings.